The first-order valence-corrected chi connectivity index (χ1v) is 4.67. The zero-order valence-corrected chi connectivity index (χ0v) is 8.11. The standard InChI is InChI=1S/C8H16N4O2/c9-2-1-7(13)11-3-5-12(6-4-11)8(10)14/h1-6,9H2,(H2,10,14). The fourth-order valence-electron chi connectivity index (χ4n) is 1.46. The summed E-state index contributed by atoms with van der Waals surface area (Å²) in [5.74, 6) is 0.0524. The lowest BCUT2D eigenvalue weighted by molar-refractivity contribution is -0.132. The Morgan fingerprint density at radius 3 is 2.00 bits per heavy atom. The Labute approximate surface area is 82.8 Å². The molecule has 0 spiro atoms. The van der Waals surface area contributed by atoms with Crippen molar-refractivity contribution in [2.75, 3.05) is 32.7 Å². The Morgan fingerprint density at radius 2 is 1.57 bits per heavy atom. The third-order valence-corrected chi connectivity index (χ3v) is 2.30. The first-order valence-electron chi connectivity index (χ1n) is 4.67. The summed E-state index contributed by atoms with van der Waals surface area (Å²) in [6.45, 7) is 2.52. The van der Waals surface area contributed by atoms with Gasteiger partial charge in [0.2, 0.25) is 5.91 Å². The van der Waals surface area contributed by atoms with Crippen molar-refractivity contribution in [1.29, 1.82) is 0 Å². The van der Waals surface area contributed by atoms with Crippen LogP contribution in [0.25, 0.3) is 0 Å². The summed E-state index contributed by atoms with van der Waals surface area (Å²) in [5.41, 5.74) is 10.4. The average Bonchev–Trinajstić information content (AvgIpc) is 2.18. The van der Waals surface area contributed by atoms with E-state index in [2.05, 4.69) is 0 Å². The Kier molecular flexibility index (Phi) is 3.70. The molecule has 0 radical (unpaired) electrons. The summed E-state index contributed by atoms with van der Waals surface area (Å²) in [4.78, 5) is 25.4. The number of nitrogens with two attached hydrogens (primary N) is 2. The molecule has 6 heteroatoms. The van der Waals surface area contributed by atoms with Gasteiger partial charge in [-0.05, 0) is 0 Å². The fourth-order valence-corrected chi connectivity index (χ4v) is 1.46. The van der Waals surface area contributed by atoms with Crippen LogP contribution in [0.15, 0.2) is 0 Å². The summed E-state index contributed by atoms with van der Waals surface area (Å²) >= 11 is 0. The maximum atomic E-state index is 11.4. The normalized spacial score (nSPS) is 16.9. The van der Waals surface area contributed by atoms with Crippen molar-refractivity contribution < 1.29 is 9.59 Å². The van der Waals surface area contributed by atoms with Gasteiger partial charge in [0.25, 0.3) is 0 Å². The minimum atomic E-state index is -0.420. The van der Waals surface area contributed by atoms with Gasteiger partial charge in [0.15, 0.2) is 0 Å². The van der Waals surface area contributed by atoms with Crippen LogP contribution in [0.5, 0.6) is 0 Å². The molecule has 1 aliphatic heterocycles. The number of rotatable bonds is 2. The van der Waals surface area contributed by atoms with E-state index in [4.69, 9.17) is 11.5 Å². The Hall–Kier alpha value is -1.30. The molecular formula is C8H16N4O2. The maximum Gasteiger partial charge on any atom is 0.314 e. The number of amides is 3. The Bertz CT molecular complexity index is 223. The molecule has 1 saturated heterocycles. The van der Waals surface area contributed by atoms with Gasteiger partial charge in [-0.1, -0.05) is 0 Å². The van der Waals surface area contributed by atoms with Crippen molar-refractivity contribution in [3.05, 3.63) is 0 Å². The minimum absolute atomic E-state index is 0.0524. The maximum absolute atomic E-state index is 11.4. The molecule has 0 atom stereocenters. The molecule has 0 aromatic carbocycles. The topological polar surface area (TPSA) is 92.7 Å². The second kappa shape index (κ2) is 4.80. The molecule has 4 N–H and O–H groups in total. The first-order chi connectivity index (χ1) is 6.65. The van der Waals surface area contributed by atoms with Gasteiger partial charge in [-0.15, -0.1) is 0 Å². The van der Waals surface area contributed by atoms with Crippen LogP contribution < -0.4 is 11.5 Å². The van der Waals surface area contributed by atoms with Gasteiger partial charge in [-0.25, -0.2) is 4.79 Å². The minimum Gasteiger partial charge on any atom is -0.351 e. The molecule has 1 fully saturated rings. The summed E-state index contributed by atoms with van der Waals surface area (Å²) in [5, 5.41) is 0. The quantitative estimate of drug-likeness (QED) is 0.571. The lowest BCUT2D eigenvalue weighted by Gasteiger charge is -2.33. The van der Waals surface area contributed by atoms with E-state index in [1.807, 2.05) is 0 Å². The molecule has 1 rings (SSSR count). The first kappa shape index (κ1) is 10.8. The monoisotopic (exact) mass is 200 g/mol. The zero-order chi connectivity index (χ0) is 10.6. The van der Waals surface area contributed by atoms with Crippen molar-refractivity contribution in [2.45, 2.75) is 6.42 Å². The summed E-state index contributed by atoms with van der Waals surface area (Å²) in [6, 6.07) is -0.420. The van der Waals surface area contributed by atoms with Gasteiger partial charge in [-0.2, -0.15) is 0 Å². The van der Waals surface area contributed by atoms with E-state index in [0.29, 0.717) is 39.1 Å². The van der Waals surface area contributed by atoms with E-state index in [0.717, 1.165) is 0 Å². The molecule has 3 amide bonds. The van der Waals surface area contributed by atoms with Gasteiger partial charge in [0.05, 0.1) is 0 Å². The molecule has 1 aliphatic rings. The molecule has 6 nitrogen and oxygen atoms in total. The molecule has 0 aliphatic carbocycles. The molecule has 0 saturated carbocycles. The molecule has 0 bridgehead atoms. The third kappa shape index (κ3) is 2.59. The molecule has 0 aromatic rings. The van der Waals surface area contributed by atoms with E-state index >= 15 is 0 Å². The van der Waals surface area contributed by atoms with Crippen molar-refractivity contribution in [3.63, 3.8) is 0 Å². The molecule has 14 heavy (non-hydrogen) atoms. The number of piperazine rings is 1. The zero-order valence-electron chi connectivity index (χ0n) is 8.11. The number of carbonyl (C=O) groups excluding carboxylic acids is 2. The van der Waals surface area contributed by atoms with Crippen LogP contribution in [0.2, 0.25) is 0 Å². The van der Waals surface area contributed by atoms with E-state index in [9.17, 15) is 9.59 Å². The van der Waals surface area contributed by atoms with Gasteiger partial charge < -0.3 is 21.3 Å². The van der Waals surface area contributed by atoms with E-state index in [-0.39, 0.29) is 5.91 Å². The molecule has 0 unspecified atom stereocenters. The largest absolute Gasteiger partial charge is 0.351 e. The van der Waals surface area contributed by atoms with Crippen LogP contribution >= 0.6 is 0 Å². The second-order valence-corrected chi connectivity index (χ2v) is 3.24. The van der Waals surface area contributed by atoms with Crippen LogP contribution in [0.4, 0.5) is 4.79 Å². The van der Waals surface area contributed by atoms with E-state index in [1.165, 1.54) is 4.90 Å². The van der Waals surface area contributed by atoms with Crippen LogP contribution in [0, 0.1) is 0 Å². The predicted molar refractivity (Wildman–Crippen MR) is 51.4 cm³/mol. The molecule has 80 valence electrons. The number of primary amides is 1. The number of hydrogen-bond donors (Lipinski definition) is 2. The predicted octanol–water partition coefficient (Wildman–Crippen LogP) is -1.44. The van der Waals surface area contributed by atoms with Crippen LogP contribution in [-0.4, -0.2) is 54.5 Å². The molecule has 1 heterocycles. The highest BCUT2D eigenvalue weighted by Crippen LogP contribution is 2.02. The Morgan fingerprint density at radius 1 is 1.07 bits per heavy atom. The van der Waals surface area contributed by atoms with Gasteiger partial charge in [0, 0.05) is 39.1 Å². The molecular weight excluding hydrogens is 184 g/mol. The van der Waals surface area contributed by atoms with Crippen LogP contribution in [-0.2, 0) is 4.79 Å². The van der Waals surface area contributed by atoms with Gasteiger partial charge in [0.1, 0.15) is 0 Å². The smallest absolute Gasteiger partial charge is 0.314 e. The number of nitrogens with zero attached hydrogens (tertiary/aromatic N) is 2. The van der Waals surface area contributed by atoms with Crippen LogP contribution in [0.1, 0.15) is 6.42 Å². The number of hydrogen-bond acceptors (Lipinski definition) is 3. The van der Waals surface area contributed by atoms with E-state index < -0.39 is 6.03 Å². The lowest BCUT2D eigenvalue weighted by atomic mass is 10.3. The highest BCUT2D eigenvalue weighted by atomic mass is 16.2. The Balaban J connectivity index is 2.35. The van der Waals surface area contributed by atoms with Gasteiger partial charge >= 0.3 is 6.03 Å². The van der Waals surface area contributed by atoms with Crippen molar-refractivity contribution >= 4 is 11.9 Å². The van der Waals surface area contributed by atoms with Crippen LogP contribution in [0.3, 0.4) is 0 Å². The summed E-state index contributed by atoms with van der Waals surface area (Å²) in [6.07, 6.45) is 0.372. The lowest BCUT2D eigenvalue weighted by Crippen LogP contribution is -2.52. The molecule has 0 aromatic heterocycles. The SMILES string of the molecule is NCCC(=O)N1CCN(C(N)=O)CC1. The van der Waals surface area contributed by atoms with Crippen molar-refractivity contribution in [2.24, 2.45) is 11.5 Å². The second-order valence-electron chi connectivity index (χ2n) is 3.24. The summed E-state index contributed by atoms with van der Waals surface area (Å²) in [7, 11) is 0. The van der Waals surface area contributed by atoms with E-state index in [1.54, 1.807) is 4.90 Å². The number of carbonyl (C=O) groups is 2. The van der Waals surface area contributed by atoms with Crippen molar-refractivity contribution in [1.82, 2.24) is 9.80 Å². The highest BCUT2D eigenvalue weighted by Gasteiger charge is 2.21. The van der Waals surface area contributed by atoms with Gasteiger partial charge in [-0.3, -0.25) is 4.79 Å². The average molecular weight is 200 g/mol. The van der Waals surface area contributed by atoms with Crippen molar-refractivity contribution in [3.8, 4) is 0 Å². The fraction of sp³-hybridized carbons (Fsp3) is 0.750. The highest BCUT2D eigenvalue weighted by molar-refractivity contribution is 5.77. The number of urea groups is 1. The summed E-state index contributed by atoms with van der Waals surface area (Å²) < 4.78 is 0. The third-order valence-electron chi connectivity index (χ3n) is 2.30.